The van der Waals surface area contributed by atoms with Crippen molar-refractivity contribution >= 4 is 23.1 Å². The minimum Gasteiger partial charge on any atom is -0.423 e. The number of nitrogens with zero attached hydrogens (tertiary/aromatic N) is 3. The highest BCUT2D eigenvalue weighted by Gasteiger charge is 2.19. The zero-order valence-electron chi connectivity index (χ0n) is 16.2. The first kappa shape index (κ1) is 19.7. The standard InChI is InChI=1S/C21H18FN5O2S/c1-12-18(30-20(24-12)16-8-3-4-9-17(16)22)13(2)25-21(28)26-15-7-5-6-14(10-15)19-27-23-11-29-19/h3-11,13H,1-2H3,(H2,25,26,28). The summed E-state index contributed by atoms with van der Waals surface area (Å²) in [6, 6.07) is 12.9. The number of anilines is 1. The Hall–Kier alpha value is -3.59. The molecule has 7 nitrogen and oxygen atoms in total. The molecule has 0 fully saturated rings. The van der Waals surface area contributed by atoms with E-state index < -0.39 is 0 Å². The van der Waals surface area contributed by atoms with Crippen LogP contribution in [0.1, 0.15) is 23.5 Å². The lowest BCUT2D eigenvalue weighted by Crippen LogP contribution is -2.31. The van der Waals surface area contributed by atoms with E-state index in [0.717, 1.165) is 10.6 Å². The highest BCUT2D eigenvalue weighted by Crippen LogP contribution is 2.33. The SMILES string of the molecule is Cc1nc(-c2ccccc2F)sc1C(C)NC(=O)Nc1cccc(-c2nnco2)c1. The monoisotopic (exact) mass is 423 g/mol. The number of amides is 2. The second kappa shape index (κ2) is 8.42. The van der Waals surface area contributed by atoms with E-state index in [4.69, 9.17) is 4.42 Å². The van der Waals surface area contributed by atoms with Crippen molar-refractivity contribution in [2.75, 3.05) is 5.32 Å². The molecule has 2 aromatic heterocycles. The molecule has 4 rings (SSSR count). The van der Waals surface area contributed by atoms with Crippen LogP contribution in [0, 0.1) is 12.7 Å². The maximum atomic E-state index is 14.1. The van der Waals surface area contributed by atoms with Gasteiger partial charge in [0.05, 0.1) is 16.6 Å². The third-order valence-electron chi connectivity index (χ3n) is 4.41. The molecule has 0 spiro atoms. The first-order valence-electron chi connectivity index (χ1n) is 9.17. The quantitative estimate of drug-likeness (QED) is 0.461. The average Bonchev–Trinajstić information content (AvgIpc) is 3.38. The Balaban J connectivity index is 1.46. The van der Waals surface area contributed by atoms with Crippen molar-refractivity contribution in [3.8, 4) is 22.0 Å². The number of benzene rings is 2. The summed E-state index contributed by atoms with van der Waals surface area (Å²) in [4.78, 5) is 17.8. The van der Waals surface area contributed by atoms with Crippen LogP contribution >= 0.6 is 11.3 Å². The highest BCUT2D eigenvalue weighted by molar-refractivity contribution is 7.15. The minimum absolute atomic E-state index is 0.304. The molecule has 0 aliphatic carbocycles. The molecule has 2 aromatic carbocycles. The number of nitrogens with one attached hydrogen (secondary N) is 2. The van der Waals surface area contributed by atoms with E-state index in [-0.39, 0.29) is 17.9 Å². The van der Waals surface area contributed by atoms with Crippen LogP contribution in [0.2, 0.25) is 0 Å². The lowest BCUT2D eigenvalue weighted by Gasteiger charge is -2.14. The summed E-state index contributed by atoms with van der Waals surface area (Å²) in [5.41, 5.74) is 2.49. The van der Waals surface area contributed by atoms with E-state index in [9.17, 15) is 9.18 Å². The van der Waals surface area contributed by atoms with Gasteiger partial charge in [0.2, 0.25) is 12.3 Å². The van der Waals surface area contributed by atoms with Crippen molar-refractivity contribution < 1.29 is 13.6 Å². The molecule has 2 heterocycles. The Morgan fingerprint density at radius 1 is 1.20 bits per heavy atom. The topological polar surface area (TPSA) is 92.9 Å². The van der Waals surface area contributed by atoms with E-state index in [1.54, 1.807) is 36.4 Å². The van der Waals surface area contributed by atoms with Crippen molar-refractivity contribution in [1.29, 1.82) is 0 Å². The summed E-state index contributed by atoms with van der Waals surface area (Å²) in [5.74, 6) is 0.0469. The van der Waals surface area contributed by atoms with Gasteiger partial charge in [-0.05, 0) is 44.2 Å². The van der Waals surface area contributed by atoms with Gasteiger partial charge in [0.15, 0.2) is 0 Å². The molecule has 30 heavy (non-hydrogen) atoms. The molecule has 1 atom stereocenters. The number of carbonyl (C=O) groups is 1. The summed E-state index contributed by atoms with van der Waals surface area (Å²) < 4.78 is 19.3. The zero-order chi connectivity index (χ0) is 21.1. The van der Waals surface area contributed by atoms with Gasteiger partial charge >= 0.3 is 6.03 Å². The van der Waals surface area contributed by atoms with Crippen LogP contribution in [0.15, 0.2) is 59.3 Å². The number of hydrogen-bond donors (Lipinski definition) is 2. The molecule has 1 unspecified atom stereocenters. The number of carbonyl (C=O) groups excluding carboxylic acids is 1. The number of urea groups is 1. The first-order valence-corrected chi connectivity index (χ1v) is 9.99. The Morgan fingerprint density at radius 3 is 2.80 bits per heavy atom. The van der Waals surface area contributed by atoms with Crippen LogP contribution in [-0.4, -0.2) is 21.2 Å². The van der Waals surface area contributed by atoms with Crippen molar-refractivity contribution in [2.24, 2.45) is 0 Å². The molecular formula is C21H18FN5O2S. The number of hydrogen-bond acceptors (Lipinski definition) is 6. The fourth-order valence-electron chi connectivity index (χ4n) is 3.02. The van der Waals surface area contributed by atoms with Crippen LogP contribution in [0.3, 0.4) is 0 Å². The van der Waals surface area contributed by atoms with Gasteiger partial charge in [-0.1, -0.05) is 18.2 Å². The largest absolute Gasteiger partial charge is 0.423 e. The van der Waals surface area contributed by atoms with Gasteiger partial charge in [0.25, 0.3) is 0 Å². The molecule has 0 radical (unpaired) electrons. The lowest BCUT2D eigenvalue weighted by atomic mass is 10.2. The summed E-state index contributed by atoms with van der Waals surface area (Å²) in [6.07, 6.45) is 1.25. The Kier molecular flexibility index (Phi) is 5.53. The molecule has 0 aliphatic heterocycles. The van der Waals surface area contributed by atoms with Crippen LogP contribution < -0.4 is 10.6 Å². The van der Waals surface area contributed by atoms with Gasteiger partial charge in [0, 0.05) is 16.8 Å². The molecule has 2 N–H and O–H groups in total. The van der Waals surface area contributed by atoms with E-state index in [2.05, 4.69) is 25.8 Å². The fourth-order valence-corrected chi connectivity index (χ4v) is 4.11. The van der Waals surface area contributed by atoms with Crippen molar-refractivity contribution in [3.63, 3.8) is 0 Å². The van der Waals surface area contributed by atoms with Gasteiger partial charge in [-0.25, -0.2) is 14.2 Å². The van der Waals surface area contributed by atoms with Gasteiger partial charge < -0.3 is 15.1 Å². The summed E-state index contributed by atoms with van der Waals surface area (Å²) in [5, 5.41) is 13.8. The molecule has 0 aliphatic rings. The number of rotatable bonds is 5. The Bertz CT molecular complexity index is 1180. The molecule has 0 saturated carbocycles. The fraction of sp³-hybridized carbons (Fsp3) is 0.143. The van der Waals surface area contributed by atoms with Gasteiger partial charge in [-0.3, -0.25) is 0 Å². The molecule has 152 valence electrons. The number of thiazole rings is 1. The second-order valence-corrected chi connectivity index (χ2v) is 7.62. The molecule has 9 heteroatoms. The Morgan fingerprint density at radius 2 is 2.03 bits per heavy atom. The van der Waals surface area contributed by atoms with Crippen LogP contribution in [0.25, 0.3) is 22.0 Å². The summed E-state index contributed by atoms with van der Waals surface area (Å²) in [6.45, 7) is 3.71. The maximum absolute atomic E-state index is 14.1. The second-order valence-electron chi connectivity index (χ2n) is 6.59. The van der Waals surface area contributed by atoms with Crippen molar-refractivity contribution in [2.45, 2.75) is 19.9 Å². The maximum Gasteiger partial charge on any atom is 0.319 e. The van der Waals surface area contributed by atoms with Crippen molar-refractivity contribution in [1.82, 2.24) is 20.5 Å². The normalized spacial score (nSPS) is 11.8. The zero-order valence-corrected chi connectivity index (χ0v) is 17.0. The molecule has 0 bridgehead atoms. The lowest BCUT2D eigenvalue weighted by molar-refractivity contribution is 0.249. The van der Waals surface area contributed by atoms with Crippen molar-refractivity contribution in [3.05, 3.63) is 71.3 Å². The van der Waals surface area contributed by atoms with Crippen LogP contribution in [0.5, 0.6) is 0 Å². The molecule has 4 aromatic rings. The number of aromatic nitrogens is 3. The number of halogens is 1. The van der Waals surface area contributed by atoms with Gasteiger partial charge in [-0.2, -0.15) is 0 Å². The van der Waals surface area contributed by atoms with Gasteiger partial charge in [0.1, 0.15) is 10.8 Å². The highest BCUT2D eigenvalue weighted by atomic mass is 32.1. The van der Waals surface area contributed by atoms with E-state index in [1.807, 2.05) is 19.9 Å². The molecular weight excluding hydrogens is 405 g/mol. The molecule has 2 amide bonds. The van der Waals surface area contributed by atoms with E-state index >= 15 is 0 Å². The smallest absolute Gasteiger partial charge is 0.319 e. The van der Waals surface area contributed by atoms with Crippen LogP contribution in [0.4, 0.5) is 14.9 Å². The molecule has 0 saturated heterocycles. The average molecular weight is 423 g/mol. The summed E-state index contributed by atoms with van der Waals surface area (Å²) >= 11 is 1.36. The summed E-state index contributed by atoms with van der Waals surface area (Å²) in [7, 11) is 0. The van der Waals surface area contributed by atoms with E-state index in [1.165, 1.54) is 23.8 Å². The third-order valence-corrected chi connectivity index (χ3v) is 5.78. The van der Waals surface area contributed by atoms with Gasteiger partial charge in [-0.15, -0.1) is 21.5 Å². The minimum atomic E-state index is -0.370. The predicted molar refractivity (Wildman–Crippen MR) is 113 cm³/mol. The predicted octanol–water partition coefficient (Wildman–Crippen LogP) is 5.19. The Labute approximate surface area is 176 Å². The van der Waals surface area contributed by atoms with E-state index in [0.29, 0.717) is 27.7 Å². The third kappa shape index (κ3) is 4.20. The first-order chi connectivity index (χ1) is 14.5. The number of aryl methyl sites for hydroxylation is 1. The van der Waals surface area contributed by atoms with Crippen LogP contribution in [-0.2, 0) is 0 Å².